The first kappa shape index (κ1) is 10.5. The summed E-state index contributed by atoms with van der Waals surface area (Å²) in [6, 6.07) is 6.35. The van der Waals surface area contributed by atoms with Gasteiger partial charge in [-0.1, -0.05) is 12.1 Å². The summed E-state index contributed by atoms with van der Waals surface area (Å²) in [6.45, 7) is 0.771. The highest BCUT2D eigenvalue weighted by molar-refractivity contribution is 9.10. The largest absolute Gasteiger partial charge is 0.268 e. The molecule has 0 bridgehead atoms. The highest BCUT2D eigenvalue weighted by atomic mass is 79.9. The van der Waals surface area contributed by atoms with Crippen LogP contribution < -0.4 is 0 Å². The van der Waals surface area contributed by atoms with Gasteiger partial charge >= 0.3 is 0 Å². The van der Waals surface area contributed by atoms with E-state index >= 15 is 0 Å². The number of hydrogen-bond acceptors (Lipinski definition) is 2. The summed E-state index contributed by atoms with van der Waals surface area (Å²) in [6.07, 6.45) is 5.64. The van der Waals surface area contributed by atoms with Crippen molar-refractivity contribution in [2.75, 3.05) is 0 Å². The molecule has 0 unspecified atom stereocenters. The van der Waals surface area contributed by atoms with Gasteiger partial charge in [-0.25, -0.2) is 0 Å². The van der Waals surface area contributed by atoms with Crippen LogP contribution in [0, 0.1) is 0 Å². The topological polar surface area (TPSA) is 35.6 Å². The van der Waals surface area contributed by atoms with Gasteiger partial charge in [-0.3, -0.25) is 9.36 Å². The lowest BCUT2D eigenvalue weighted by Gasteiger charge is -2.02. The zero-order valence-corrected chi connectivity index (χ0v) is 10.9. The number of aromatic nitrogens is 4. The second kappa shape index (κ2) is 4.00. The molecule has 2 aromatic heterocycles. The second-order valence-electron chi connectivity index (χ2n) is 4.02. The lowest BCUT2D eigenvalue weighted by molar-refractivity contribution is 0.686. The van der Waals surface area contributed by atoms with Crippen molar-refractivity contribution in [2.45, 2.75) is 6.54 Å². The minimum Gasteiger partial charge on any atom is -0.268 e. The van der Waals surface area contributed by atoms with Gasteiger partial charge in [0.2, 0.25) is 0 Å². The summed E-state index contributed by atoms with van der Waals surface area (Å²) >= 11 is 3.39. The van der Waals surface area contributed by atoms with Crippen LogP contribution >= 0.6 is 15.9 Å². The molecule has 0 aliphatic heterocycles. The fourth-order valence-electron chi connectivity index (χ4n) is 1.90. The van der Waals surface area contributed by atoms with Crippen molar-refractivity contribution in [3.05, 3.63) is 46.8 Å². The third-order valence-electron chi connectivity index (χ3n) is 2.76. The number of rotatable bonds is 2. The predicted octanol–water partition coefficient (Wildman–Crippen LogP) is 2.58. The Hall–Kier alpha value is -1.62. The number of hydrogen-bond donors (Lipinski definition) is 0. The minimum atomic E-state index is 0.771. The average molecular weight is 291 g/mol. The van der Waals surface area contributed by atoms with Gasteiger partial charge < -0.3 is 0 Å². The van der Waals surface area contributed by atoms with E-state index in [9.17, 15) is 0 Å². The van der Waals surface area contributed by atoms with E-state index in [0.717, 1.165) is 21.9 Å². The summed E-state index contributed by atoms with van der Waals surface area (Å²) in [5.41, 5.74) is 2.37. The molecule has 0 atom stereocenters. The molecule has 4 nitrogen and oxygen atoms in total. The van der Waals surface area contributed by atoms with Crippen LogP contribution in [0.4, 0.5) is 0 Å². The van der Waals surface area contributed by atoms with E-state index in [1.165, 1.54) is 5.56 Å². The number of nitrogens with zero attached hydrogens (tertiary/aromatic N) is 4. The van der Waals surface area contributed by atoms with E-state index in [1.54, 1.807) is 6.20 Å². The van der Waals surface area contributed by atoms with E-state index in [2.05, 4.69) is 44.3 Å². The molecule has 0 N–H and O–H groups in total. The molecule has 0 radical (unpaired) electrons. The van der Waals surface area contributed by atoms with Crippen LogP contribution in [0.25, 0.3) is 10.9 Å². The maximum Gasteiger partial charge on any atom is 0.0682 e. The van der Waals surface area contributed by atoms with Crippen LogP contribution in [0.15, 0.2) is 41.3 Å². The first-order valence-corrected chi connectivity index (χ1v) is 6.10. The third kappa shape index (κ3) is 1.98. The van der Waals surface area contributed by atoms with Crippen molar-refractivity contribution in [1.82, 2.24) is 19.6 Å². The van der Waals surface area contributed by atoms with Crippen LogP contribution in [0.2, 0.25) is 0 Å². The number of benzene rings is 1. The normalized spacial score (nSPS) is 11.2. The van der Waals surface area contributed by atoms with Crippen molar-refractivity contribution in [1.29, 1.82) is 0 Å². The van der Waals surface area contributed by atoms with Crippen LogP contribution in [0.5, 0.6) is 0 Å². The Balaban J connectivity index is 1.97. The summed E-state index contributed by atoms with van der Waals surface area (Å²) in [4.78, 5) is 0. The number of halogens is 1. The van der Waals surface area contributed by atoms with Crippen molar-refractivity contribution >= 4 is 26.8 Å². The Labute approximate surface area is 107 Å². The molecular formula is C12H11BrN4. The zero-order chi connectivity index (χ0) is 11.8. The van der Waals surface area contributed by atoms with Gasteiger partial charge in [0.1, 0.15) is 0 Å². The quantitative estimate of drug-likeness (QED) is 0.727. The SMILES string of the molecule is Cn1ncc2ccc(Cn3cc(Br)cn3)cc21. The van der Waals surface area contributed by atoms with Gasteiger partial charge in [0.05, 0.1) is 28.9 Å². The summed E-state index contributed by atoms with van der Waals surface area (Å²) in [5.74, 6) is 0. The van der Waals surface area contributed by atoms with E-state index in [4.69, 9.17) is 0 Å². The number of fused-ring (bicyclic) bond motifs is 1. The van der Waals surface area contributed by atoms with E-state index in [-0.39, 0.29) is 0 Å². The molecular weight excluding hydrogens is 280 g/mol. The van der Waals surface area contributed by atoms with E-state index in [0.29, 0.717) is 0 Å². The van der Waals surface area contributed by atoms with Crippen molar-refractivity contribution < 1.29 is 0 Å². The zero-order valence-electron chi connectivity index (χ0n) is 9.34. The fraction of sp³-hybridized carbons (Fsp3) is 0.167. The molecule has 0 fully saturated rings. The van der Waals surface area contributed by atoms with Gasteiger partial charge in [-0.05, 0) is 27.6 Å². The predicted molar refractivity (Wildman–Crippen MR) is 69.7 cm³/mol. The van der Waals surface area contributed by atoms with Crippen molar-refractivity contribution in [3.8, 4) is 0 Å². The van der Waals surface area contributed by atoms with Crippen molar-refractivity contribution in [2.24, 2.45) is 7.05 Å². The van der Waals surface area contributed by atoms with Gasteiger partial charge in [-0.15, -0.1) is 0 Å². The molecule has 86 valence electrons. The minimum absolute atomic E-state index is 0.771. The maximum atomic E-state index is 4.25. The molecule has 0 aliphatic carbocycles. The number of aryl methyl sites for hydroxylation is 1. The van der Waals surface area contributed by atoms with Crippen LogP contribution in [-0.4, -0.2) is 19.6 Å². The summed E-state index contributed by atoms with van der Waals surface area (Å²) in [7, 11) is 1.95. The summed E-state index contributed by atoms with van der Waals surface area (Å²) < 4.78 is 4.79. The molecule has 0 spiro atoms. The first-order valence-electron chi connectivity index (χ1n) is 5.31. The highest BCUT2D eigenvalue weighted by Crippen LogP contribution is 2.16. The van der Waals surface area contributed by atoms with Gasteiger partial charge in [0, 0.05) is 18.6 Å². The van der Waals surface area contributed by atoms with E-state index < -0.39 is 0 Å². The van der Waals surface area contributed by atoms with Crippen LogP contribution in [0.3, 0.4) is 0 Å². The Morgan fingerprint density at radius 1 is 1.24 bits per heavy atom. The van der Waals surface area contributed by atoms with Crippen LogP contribution in [-0.2, 0) is 13.6 Å². The molecule has 5 heteroatoms. The Morgan fingerprint density at radius 3 is 2.88 bits per heavy atom. The standard InChI is InChI=1S/C12H11BrN4/c1-16-12-4-9(2-3-10(12)5-14-16)7-17-8-11(13)6-15-17/h2-6,8H,7H2,1H3. The summed E-state index contributed by atoms with van der Waals surface area (Å²) in [5, 5.41) is 9.65. The smallest absolute Gasteiger partial charge is 0.0682 e. The molecule has 3 rings (SSSR count). The molecule has 1 aromatic carbocycles. The lowest BCUT2D eigenvalue weighted by Crippen LogP contribution is -2.00. The monoisotopic (exact) mass is 290 g/mol. The first-order chi connectivity index (χ1) is 8.22. The molecule has 0 amide bonds. The average Bonchev–Trinajstić information content (AvgIpc) is 2.87. The Morgan fingerprint density at radius 2 is 2.12 bits per heavy atom. The van der Waals surface area contributed by atoms with Crippen LogP contribution in [0.1, 0.15) is 5.56 Å². The van der Waals surface area contributed by atoms with Crippen molar-refractivity contribution in [3.63, 3.8) is 0 Å². The molecule has 2 heterocycles. The Bertz CT molecular complexity index is 668. The third-order valence-corrected chi connectivity index (χ3v) is 3.17. The fourth-order valence-corrected chi connectivity index (χ4v) is 2.23. The Kier molecular flexibility index (Phi) is 2.48. The molecule has 0 aliphatic rings. The molecule has 0 saturated carbocycles. The second-order valence-corrected chi connectivity index (χ2v) is 4.93. The van der Waals surface area contributed by atoms with Gasteiger partial charge in [0.15, 0.2) is 0 Å². The lowest BCUT2D eigenvalue weighted by atomic mass is 10.1. The molecule has 3 aromatic rings. The highest BCUT2D eigenvalue weighted by Gasteiger charge is 2.02. The van der Waals surface area contributed by atoms with Gasteiger partial charge in [-0.2, -0.15) is 10.2 Å². The van der Waals surface area contributed by atoms with E-state index in [1.807, 2.05) is 28.8 Å². The molecule has 0 saturated heterocycles. The molecule has 17 heavy (non-hydrogen) atoms. The maximum absolute atomic E-state index is 4.25. The van der Waals surface area contributed by atoms with Gasteiger partial charge in [0.25, 0.3) is 0 Å².